The number of hydrogen-bond acceptors (Lipinski definition) is 3. The van der Waals surface area contributed by atoms with Crippen LogP contribution in [0.15, 0.2) is 53.9 Å². The van der Waals surface area contributed by atoms with Gasteiger partial charge in [0.25, 0.3) is 0 Å². The molecule has 0 spiro atoms. The molecule has 1 heterocycles. The van der Waals surface area contributed by atoms with E-state index in [-0.39, 0.29) is 11.8 Å². The van der Waals surface area contributed by atoms with Crippen molar-refractivity contribution in [2.75, 3.05) is 13.7 Å². The molecule has 1 atom stereocenters. The molecule has 0 saturated carbocycles. The standard InChI is InChI=1S/C20H21NO2S/c1-14(20(22)21-10-9-19-4-3-11-24-19)15-5-6-17-13-18(23-2)8-7-16(17)12-15/h3-8,11-14H,9-10H2,1-2H3,(H,21,22)/t14-/m0/s1. The number of carbonyl (C=O) groups excluding carboxylic acids is 1. The van der Waals surface area contributed by atoms with E-state index in [0.717, 1.165) is 28.5 Å². The summed E-state index contributed by atoms with van der Waals surface area (Å²) in [6.07, 6.45) is 0.883. The van der Waals surface area contributed by atoms with E-state index in [9.17, 15) is 4.79 Å². The first-order valence-electron chi connectivity index (χ1n) is 8.05. The zero-order chi connectivity index (χ0) is 16.9. The second-order valence-electron chi connectivity index (χ2n) is 5.81. The third kappa shape index (κ3) is 3.77. The normalized spacial score (nSPS) is 12.1. The van der Waals surface area contributed by atoms with Crippen molar-refractivity contribution in [3.05, 3.63) is 64.4 Å². The van der Waals surface area contributed by atoms with E-state index in [2.05, 4.69) is 22.8 Å². The molecule has 3 aromatic rings. The van der Waals surface area contributed by atoms with Crippen molar-refractivity contribution in [2.45, 2.75) is 19.3 Å². The third-order valence-corrected chi connectivity index (χ3v) is 5.15. The Morgan fingerprint density at radius 3 is 2.71 bits per heavy atom. The average Bonchev–Trinajstić information content (AvgIpc) is 3.13. The van der Waals surface area contributed by atoms with Crippen LogP contribution in [0.1, 0.15) is 23.3 Å². The fraction of sp³-hybridized carbons (Fsp3) is 0.250. The third-order valence-electron chi connectivity index (χ3n) is 4.22. The van der Waals surface area contributed by atoms with Gasteiger partial charge >= 0.3 is 0 Å². The first kappa shape index (κ1) is 16.5. The Hall–Kier alpha value is -2.33. The number of rotatable bonds is 6. The van der Waals surface area contributed by atoms with E-state index in [1.807, 2.05) is 43.3 Å². The van der Waals surface area contributed by atoms with Gasteiger partial charge in [0.1, 0.15) is 5.75 Å². The van der Waals surface area contributed by atoms with Crippen molar-refractivity contribution in [3.8, 4) is 5.75 Å². The minimum Gasteiger partial charge on any atom is -0.497 e. The molecule has 2 aromatic carbocycles. The smallest absolute Gasteiger partial charge is 0.227 e. The fourth-order valence-electron chi connectivity index (χ4n) is 2.71. The van der Waals surface area contributed by atoms with Crippen LogP contribution in [0.3, 0.4) is 0 Å². The number of hydrogen-bond donors (Lipinski definition) is 1. The number of carbonyl (C=O) groups is 1. The van der Waals surface area contributed by atoms with Gasteiger partial charge < -0.3 is 10.1 Å². The number of amides is 1. The maximum atomic E-state index is 12.4. The molecule has 0 bridgehead atoms. The van der Waals surface area contributed by atoms with Gasteiger partial charge in [-0.1, -0.05) is 30.3 Å². The monoisotopic (exact) mass is 339 g/mol. The molecule has 0 fully saturated rings. The molecular formula is C20H21NO2S. The van der Waals surface area contributed by atoms with Crippen LogP contribution < -0.4 is 10.1 Å². The van der Waals surface area contributed by atoms with Crippen molar-refractivity contribution in [1.82, 2.24) is 5.32 Å². The van der Waals surface area contributed by atoms with E-state index in [4.69, 9.17) is 4.74 Å². The van der Waals surface area contributed by atoms with Crippen molar-refractivity contribution >= 4 is 28.0 Å². The lowest BCUT2D eigenvalue weighted by atomic mass is 9.97. The number of benzene rings is 2. The summed E-state index contributed by atoms with van der Waals surface area (Å²) in [4.78, 5) is 13.7. The molecule has 4 heteroatoms. The summed E-state index contributed by atoms with van der Waals surface area (Å²) in [5, 5.41) is 7.32. The molecule has 3 rings (SSSR count). The number of methoxy groups -OCH3 is 1. The largest absolute Gasteiger partial charge is 0.497 e. The van der Waals surface area contributed by atoms with Crippen LogP contribution in [0.25, 0.3) is 10.8 Å². The van der Waals surface area contributed by atoms with Gasteiger partial charge in [0.05, 0.1) is 13.0 Å². The first-order valence-corrected chi connectivity index (χ1v) is 8.93. The fourth-order valence-corrected chi connectivity index (χ4v) is 3.42. The van der Waals surface area contributed by atoms with E-state index in [1.165, 1.54) is 4.88 Å². The summed E-state index contributed by atoms with van der Waals surface area (Å²) in [7, 11) is 1.66. The van der Waals surface area contributed by atoms with Gasteiger partial charge in [-0.15, -0.1) is 11.3 Å². The molecular weight excluding hydrogens is 318 g/mol. The van der Waals surface area contributed by atoms with Crippen LogP contribution in [-0.4, -0.2) is 19.6 Å². The lowest BCUT2D eigenvalue weighted by molar-refractivity contribution is -0.122. The lowest BCUT2D eigenvalue weighted by Gasteiger charge is -2.13. The first-order chi connectivity index (χ1) is 11.7. The van der Waals surface area contributed by atoms with Gasteiger partial charge in [0.2, 0.25) is 5.91 Å². The summed E-state index contributed by atoms with van der Waals surface area (Å²) < 4.78 is 5.25. The summed E-state index contributed by atoms with van der Waals surface area (Å²) in [6, 6.07) is 16.3. The highest BCUT2D eigenvalue weighted by Gasteiger charge is 2.15. The average molecular weight is 339 g/mol. The predicted octanol–water partition coefficient (Wildman–Crippen LogP) is 4.37. The Morgan fingerprint density at radius 2 is 1.96 bits per heavy atom. The molecule has 1 aromatic heterocycles. The van der Waals surface area contributed by atoms with Crippen molar-refractivity contribution < 1.29 is 9.53 Å². The van der Waals surface area contributed by atoms with Gasteiger partial charge in [-0.05, 0) is 53.3 Å². The van der Waals surface area contributed by atoms with Gasteiger partial charge in [0, 0.05) is 11.4 Å². The van der Waals surface area contributed by atoms with Crippen LogP contribution in [0.5, 0.6) is 5.75 Å². The topological polar surface area (TPSA) is 38.3 Å². The van der Waals surface area contributed by atoms with E-state index in [0.29, 0.717) is 6.54 Å². The quantitative estimate of drug-likeness (QED) is 0.724. The molecule has 0 aliphatic heterocycles. The summed E-state index contributed by atoms with van der Waals surface area (Å²) in [6.45, 7) is 2.62. The van der Waals surface area contributed by atoms with Crippen LogP contribution in [0.2, 0.25) is 0 Å². The molecule has 0 radical (unpaired) electrons. The number of nitrogens with one attached hydrogen (secondary N) is 1. The maximum absolute atomic E-state index is 12.4. The Labute approximate surface area is 146 Å². The highest BCUT2D eigenvalue weighted by Crippen LogP contribution is 2.25. The lowest BCUT2D eigenvalue weighted by Crippen LogP contribution is -2.29. The number of thiophene rings is 1. The second-order valence-corrected chi connectivity index (χ2v) is 6.85. The summed E-state index contributed by atoms with van der Waals surface area (Å²) in [5.74, 6) is 0.744. The van der Waals surface area contributed by atoms with Crippen LogP contribution in [-0.2, 0) is 11.2 Å². The number of ether oxygens (including phenoxy) is 1. The minimum atomic E-state index is -0.167. The second kappa shape index (κ2) is 7.49. The maximum Gasteiger partial charge on any atom is 0.227 e. The van der Waals surface area contributed by atoms with Gasteiger partial charge in [0.15, 0.2) is 0 Å². The van der Waals surface area contributed by atoms with Gasteiger partial charge in [-0.25, -0.2) is 0 Å². The SMILES string of the molecule is COc1ccc2cc([C@H](C)C(=O)NCCc3cccs3)ccc2c1. The summed E-state index contributed by atoms with van der Waals surface area (Å²) in [5.41, 5.74) is 1.03. The van der Waals surface area contributed by atoms with Crippen molar-refractivity contribution in [3.63, 3.8) is 0 Å². The number of fused-ring (bicyclic) bond motifs is 1. The molecule has 1 amide bonds. The molecule has 24 heavy (non-hydrogen) atoms. The van der Waals surface area contributed by atoms with Crippen LogP contribution in [0, 0.1) is 0 Å². The van der Waals surface area contributed by atoms with Gasteiger partial charge in [-0.2, -0.15) is 0 Å². The van der Waals surface area contributed by atoms with Crippen molar-refractivity contribution in [1.29, 1.82) is 0 Å². The molecule has 0 saturated heterocycles. The Morgan fingerprint density at radius 1 is 1.17 bits per heavy atom. The van der Waals surface area contributed by atoms with E-state index < -0.39 is 0 Å². The Kier molecular flexibility index (Phi) is 5.16. The molecule has 0 aliphatic carbocycles. The van der Waals surface area contributed by atoms with Crippen LogP contribution >= 0.6 is 11.3 Å². The zero-order valence-corrected chi connectivity index (χ0v) is 14.7. The van der Waals surface area contributed by atoms with E-state index >= 15 is 0 Å². The predicted molar refractivity (Wildman–Crippen MR) is 99.9 cm³/mol. The van der Waals surface area contributed by atoms with Gasteiger partial charge in [-0.3, -0.25) is 4.79 Å². The Balaban J connectivity index is 1.66. The highest BCUT2D eigenvalue weighted by atomic mass is 32.1. The van der Waals surface area contributed by atoms with Crippen molar-refractivity contribution in [2.24, 2.45) is 0 Å². The minimum absolute atomic E-state index is 0.0689. The Bertz CT molecular complexity index is 827. The van der Waals surface area contributed by atoms with Crippen LogP contribution in [0.4, 0.5) is 0 Å². The zero-order valence-electron chi connectivity index (χ0n) is 13.9. The summed E-state index contributed by atoms with van der Waals surface area (Å²) >= 11 is 1.72. The molecule has 124 valence electrons. The molecule has 3 nitrogen and oxygen atoms in total. The molecule has 0 aliphatic rings. The molecule has 0 unspecified atom stereocenters. The van der Waals surface area contributed by atoms with E-state index in [1.54, 1.807) is 18.4 Å². The molecule has 1 N–H and O–H groups in total. The highest BCUT2D eigenvalue weighted by molar-refractivity contribution is 7.09.